The van der Waals surface area contributed by atoms with Gasteiger partial charge in [-0.15, -0.1) is 0 Å². The van der Waals surface area contributed by atoms with E-state index >= 15 is 0 Å². The first-order valence-electron chi connectivity index (χ1n) is 4.67. The number of aryl methyl sites for hydroxylation is 1. The molecule has 2 aromatic rings. The Morgan fingerprint density at radius 2 is 2.38 bits per heavy atom. The van der Waals surface area contributed by atoms with Crippen LogP contribution >= 0.6 is 27.3 Å². The number of anilines is 1. The van der Waals surface area contributed by atoms with Gasteiger partial charge in [0.05, 0.1) is 11.9 Å². The number of aromatic nitrogens is 2. The lowest BCUT2D eigenvalue weighted by Crippen LogP contribution is -2.12. The van der Waals surface area contributed by atoms with Crippen molar-refractivity contribution >= 4 is 33.0 Å². The number of hydrogen-bond acceptors (Lipinski definition) is 4. The molecule has 0 bridgehead atoms. The summed E-state index contributed by atoms with van der Waals surface area (Å²) in [5, 5.41) is 13.5. The number of nitrogens with one attached hydrogen (secondary N) is 2. The Hall–Kier alpha value is -1.14. The minimum atomic E-state index is -0.230. The van der Waals surface area contributed by atoms with Crippen LogP contribution in [0.15, 0.2) is 26.2 Å². The maximum Gasteiger partial charge on any atom is 0.280 e. The van der Waals surface area contributed by atoms with E-state index in [2.05, 4.69) is 49.1 Å². The van der Waals surface area contributed by atoms with Gasteiger partial charge < -0.3 is 5.32 Å². The van der Waals surface area contributed by atoms with Crippen molar-refractivity contribution in [1.82, 2.24) is 10.2 Å². The van der Waals surface area contributed by atoms with E-state index in [1.165, 1.54) is 11.1 Å². The molecule has 2 rings (SSSR count). The third-order valence-corrected chi connectivity index (χ3v) is 3.92. The van der Waals surface area contributed by atoms with Crippen molar-refractivity contribution in [2.45, 2.75) is 13.5 Å². The molecule has 0 spiro atoms. The van der Waals surface area contributed by atoms with Gasteiger partial charge in [0, 0.05) is 6.54 Å². The van der Waals surface area contributed by atoms with Crippen LogP contribution in [0.25, 0.3) is 0 Å². The van der Waals surface area contributed by atoms with E-state index in [4.69, 9.17) is 0 Å². The lowest BCUT2D eigenvalue weighted by Gasteiger charge is -2.06. The number of nitrogens with zero attached hydrogens (tertiary/aromatic N) is 1. The Balaban J connectivity index is 2.14. The van der Waals surface area contributed by atoms with Gasteiger partial charge >= 0.3 is 0 Å². The first-order valence-corrected chi connectivity index (χ1v) is 6.41. The van der Waals surface area contributed by atoms with Crippen molar-refractivity contribution in [3.8, 4) is 0 Å². The van der Waals surface area contributed by atoms with Crippen LogP contribution < -0.4 is 10.9 Å². The van der Waals surface area contributed by atoms with E-state index in [1.807, 2.05) is 0 Å². The molecule has 0 radical (unpaired) electrons. The highest BCUT2D eigenvalue weighted by molar-refractivity contribution is 9.10. The van der Waals surface area contributed by atoms with Crippen LogP contribution in [0.5, 0.6) is 0 Å². The number of rotatable bonds is 3. The number of thiophene rings is 1. The first-order chi connectivity index (χ1) is 7.68. The first kappa shape index (κ1) is 11.3. The van der Waals surface area contributed by atoms with Crippen LogP contribution in [0.2, 0.25) is 0 Å². The van der Waals surface area contributed by atoms with Gasteiger partial charge in [-0.2, -0.15) is 16.4 Å². The molecule has 2 heterocycles. The van der Waals surface area contributed by atoms with Crippen LogP contribution in [-0.2, 0) is 6.54 Å². The molecule has 0 saturated heterocycles. The topological polar surface area (TPSA) is 57.8 Å². The smallest absolute Gasteiger partial charge is 0.280 e. The lowest BCUT2D eigenvalue weighted by atomic mass is 10.2. The van der Waals surface area contributed by atoms with Gasteiger partial charge in [-0.05, 0) is 44.7 Å². The summed E-state index contributed by atoms with van der Waals surface area (Å²) in [6, 6.07) is 0. The maximum atomic E-state index is 11.3. The highest BCUT2D eigenvalue weighted by Gasteiger charge is 2.05. The fourth-order valence-corrected chi connectivity index (χ4v) is 2.45. The van der Waals surface area contributed by atoms with Gasteiger partial charge in [0.1, 0.15) is 4.47 Å². The lowest BCUT2D eigenvalue weighted by molar-refractivity contribution is 0.971. The molecule has 6 heteroatoms. The zero-order valence-electron chi connectivity index (χ0n) is 8.58. The third kappa shape index (κ3) is 2.33. The fourth-order valence-electron chi connectivity index (χ4n) is 1.27. The number of halogens is 1. The largest absolute Gasteiger partial charge is 0.379 e. The van der Waals surface area contributed by atoms with Crippen LogP contribution in [0.1, 0.15) is 11.1 Å². The Morgan fingerprint density at radius 3 is 3.06 bits per heavy atom. The van der Waals surface area contributed by atoms with Gasteiger partial charge in [-0.1, -0.05) is 0 Å². The Labute approximate surface area is 105 Å². The third-order valence-electron chi connectivity index (χ3n) is 2.23. The second-order valence-electron chi connectivity index (χ2n) is 3.36. The van der Waals surface area contributed by atoms with Crippen LogP contribution in [0.4, 0.5) is 5.69 Å². The summed E-state index contributed by atoms with van der Waals surface area (Å²) in [4.78, 5) is 11.3. The van der Waals surface area contributed by atoms with Crippen molar-refractivity contribution in [3.05, 3.63) is 42.9 Å². The Bertz CT molecular complexity index is 549. The predicted octanol–water partition coefficient (Wildman–Crippen LogP) is 2.51. The molecule has 0 aliphatic rings. The summed E-state index contributed by atoms with van der Waals surface area (Å²) in [5.74, 6) is 0. The summed E-state index contributed by atoms with van der Waals surface area (Å²) in [6.45, 7) is 2.76. The zero-order valence-corrected chi connectivity index (χ0v) is 11.0. The van der Waals surface area contributed by atoms with Crippen LogP contribution in [0.3, 0.4) is 0 Å². The minimum Gasteiger partial charge on any atom is -0.379 e. The molecule has 4 nitrogen and oxygen atoms in total. The highest BCUT2D eigenvalue weighted by Crippen LogP contribution is 2.19. The number of hydrogen-bond donors (Lipinski definition) is 2. The van der Waals surface area contributed by atoms with Crippen molar-refractivity contribution in [3.63, 3.8) is 0 Å². The minimum absolute atomic E-state index is 0.230. The molecular formula is C10H10BrN3OS. The monoisotopic (exact) mass is 299 g/mol. The molecule has 0 atom stereocenters. The summed E-state index contributed by atoms with van der Waals surface area (Å²) in [5.41, 5.74) is 2.96. The molecule has 2 aromatic heterocycles. The van der Waals surface area contributed by atoms with Crippen LogP contribution in [-0.4, -0.2) is 10.2 Å². The second-order valence-corrected chi connectivity index (χ2v) is 4.90. The molecule has 0 amide bonds. The standard InChI is InChI=1S/C10H10BrN3OS/c1-6-4-16-5-7(6)2-12-8-3-13-14-10(15)9(8)11/h3-5H,2H2,1H3,(H2,12,14,15). The summed E-state index contributed by atoms with van der Waals surface area (Å²) in [6.07, 6.45) is 1.59. The maximum absolute atomic E-state index is 11.3. The molecule has 0 unspecified atom stereocenters. The molecule has 84 valence electrons. The van der Waals surface area contributed by atoms with E-state index in [-0.39, 0.29) is 5.56 Å². The van der Waals surface area contributed by atoms with Crippen molar-refractivity contribution in [1.29, 1.82) is 0 Å². The predicted molar refractivity (Wildman–Crippen MR) is 68.9 cm³/mol. The van der Waals surface area contributed by atoms with E-state index in [1.54, 1.807) is 17.5 Å². The van der Waals surface area contributed by atoms with Gasteiger partial charge in [0.15, 0.2) is 0 Å². The molecule has 0 saturated carbocycles. The fraction of sp³-hybridized carbons (Fsp3) is 0.200. The van der Waals surface area contributed by atoms with E-state index in [9.17, 15) is 4.79 Å². The molecule has 0 aliphatic carbocycles. The van der Waals surface area contributed by atoms with Crippen molar-refractivity contribution < 1.29 is 0 Å². The normalized spacial score (nSPS) is 10.4. The average molecular weight is 300 g/mol. The number of H-pyrrole nitrogens is 1. The van der Waals surface area contributed by atoms with E-state index < -0.39 is 0 Å². The zero-order chi connectivity index (χ0) is 11.5. The highest BCUT2D eigenvalue weighted by atomic mass is 79.9. The van der Waals surface area contributed by atoms with Crippen LogP contribution in [0, 0.1) is 6.92 Å². The number of aromatic amines is 1. The van der Waals surface area contributed by atoms with Gasteiger partial charge in [0.25, 0.3) is 5.56 Å². The molecule has 16 heavy (non-hydrogen) atoms. The summed E-state index contributed by atoms with van der Waals surface area (Å²) >= 11 is 4.89. The average Bonchev–Trinajstić information content (AvgIpc) is 2.67. The van der Waals surface area contributed by atoms with Gasteiger partial charge in [0.2, 0.25) is 0 Å². The van der Waals surface area contributed by atoms with E-state index in [0.717, 1.165) is 0 Å². The quantitative estimate of drug-likeness (QED) is 0.915. The van der Waals surface area contributed by atoms with E-state index in [0.29, 0.717) is 16.7 Å². The molecule has 0 fully saturated rings. The SMILES string of the molecule is Cc1cscc1CNc1cn[nH]c(=O)c1Br. The van der Waals surface area contributed by atoms with Gasteiger partial charge in [-0.25, -0.2) is 5.10 Å². The van der Waals surface area contributed by atoms with Gasteiger partial charge in [-0.3, -0.25) is 4.79 Å². The van der Waals surface area contributed by atoms with Crippen molar-refractivity contribution in [2.75, 3.05) is 5.32 Å². The molecule has 0 aliphatic heterocycles. The molecular weight excluding hydrogens is 290 g/mol. The summed E-state index contributed by atoms with van der Waals surface area (Å²) in [7, 11) is 0. The Morgan fingerprint density at radius 1 is 1.56 bits per heavy atom. The van der Waals surface area contributed by atoms with Crippen molar-refractivity contribution in [2.24, 2.45) is 0 Å². The second kappa shape index (κ2) is 4.80. The Kier molecular flexibility index (Phi) is 3.40. The molecule has 0 aromatic carbocycles. The summed E-state index contributed by atoms with van der Waals surface area (Å²) < 4.78 is 0.482. The molecule has 2 N–H and O–H groups in total.